The van der Waals surface area contributed by atoms with Crippen LogP contribution in [-0.2, 0) is 4.74 Å². The molecule has 2 aliphatic rings. The molecule has 0 aromatic rings. The molecule has 19 heavy (non-hydrogen) atoms. The van der Waals surface area contributed by atoms with Crippen molar-refractivity contribution in [2.45, 2.75) is 89.8 Å². The average molecular weight is 287 g/mol. The van der Waals surface area contributed by atoms with Crippen LogP contribution in [0.2, 0.25) is 0 Å². The molecule has 4 unspecified atom stereocenters. The molecule has 0 saturated heterocycles. The van der Waals surface area contributed by atoms with Gasteiger partial charge in [0.05, 0.1) is 12.2 Å². The summed E-state index contributed by atoms with van der Waals surface area (Å²) >= 11 is 5.79. The molecule has 2 fully saturated rings. The van der Waals surface area contributed by atoms with Gasteiger partial charge in [-0.3, -0.25) is 0 Å². The molecule has 2 aliphatic carbocycles. The van der Waals surface area contributed by atoms with E-state index in [0.717, 1.165) is 24.1 Å². The second-order valence-corrected chi connectivity index (χ2v) is 7.03. The maximum absolute atomic E-state index is 6.50. The summed E-state index contributed by atoms with van der Waals surface area (Å²) in [6.45, 7) is 2.28. The maximum atomic E-state index is 6.50. The highest BCUT2D eigenvalue weighted by Gasteiger charge is 2.40. The first kappa shape index (κ1) is 15.6. The normalized spacial score (nSPS) is 30.9. The number of hydrogen-bond donors (Lipinski definition) is 0. The summed E-state index contributed by atoms with van der Waals surface area (Å²) in [4.78, 5) is 0. The third kappa shape index (κ3) is 4.93. The lowest BCUT2D eigenvalue weighted by atomic mass is 9.97. The number of alkyl halides is 1. The topological polar surface area (TPSA) is 9.23 Å². The quantitative estimate of drug-likeness (QED) is 0.378. The molecular weight excluding hydrogens is 256 g/mol. The Kier molecular flexibility index (Phi) is 7.01. The third-order valence-corrected chi connectivity index (χ3v) is 5.35. The van der Waals surface area contributed by atoms with Crippen LogP contribution in [0.25, 0.3) is 0 Å². The molecule has 0 aliphatic heterocycles. The lowest BCUT2D eigenvalue weighted by Crippen LogP contribution is -2.27. The summed E-state index contributed by atoms with van der Waals surface area (Å²) in [5.41, 5.74) is 0. The predicted molar refractivity (Wildman–Crippen MR) is 82.8 cm³/mol. The highest BCUT2D eigenvalue weighted by molar-refractivity contribution is 6.17. The van der Waals surface area contributed by atoms with Crippen LogP contribution in [0, 0.1) is 11.8 Å². The van der Waals surface area contributed by atoms with Gasteiger partial charge >= 0.3 is 0 Å². The lowest BCUT2D eigenvalue weighted by Gasteiger charge is -2.28. The van der Waals surface area contributed by atoms with E-state index in [1.807, 2.05) is 0 Å². The number of rotatable bonds is 10. The van der Waals surface area contributed by atoms with Crippen molar-refractivity contribution in [3.8, 4) is 0 Å². The van der Waals surface area contributed by atoms with E-state index < -0.39 is 0 Å². The van der Waals surface area contributed by atoms with Gasteiger partial charge in [-0.1, -0.05) is 26.2 Å². The standard InChI is InChI=1S/C17H31ClO/c1-2-3-4-7-16(8-5-6-11-18)19-17-13-14-9-10-15(17)12-14/h14-17H,2-13H2,1H3. The first-order valence-corrected chi connectivity index (χ1v) is 9.08. The summed E-state index contributed by atoms with van der Waals surface area (Å²) in [5, 5.41) is 0. The summed E-state index contributed by atoms with van der Waals surface area (Å²) in [6.07, 6.45) is 15.7. The summed E-state index contributed by atoms with van der Waals surface area (Å²) in [7, 11) is 0. The van der Waals surface area contributed by atoms with Crippen LogP contribution in [0.15, 0.2) is 0 Å². The van der Waals surface area contributed by atoms with Gasteiger partial charge in [-0.15, -0.1) is 11.6 Å². The third-order valence-electron chi connectivity index (χ3n) is 5.08. The van der Waals surface area contributed by atoms with Crippen molar-refractivity contribution in [3.63, 3.8) is 0 Å². The zero-order chi connectivity index (χ0) is 13.5. The van der Waals surface area contributed by atoms with Crippen molar-refractivity contribution in [2.75, 3.05) is 5.88 Å². The molecule has 2 bridgehead atoms. The molecular formula is C17H31ClO. The minimum Gasteiger partial charge on any atom is -0.375 e. The zero-order valence-electron chi connectivity index (χ0n) is 12.6. The van der Waals surface area contributed by atoms with Gasteiger partial charge in [0.25, 0.3) is 0 Å². The minimum atomic E-state index is 0.513. The molecule has 2 saturated carbocycles. The largest absolute Gasteiger partial charge is 0.375 e. The number of ether oxygens (including phenoxy) is 1. The van der Waals surface area contributed by atoms with Crippen LogP contribution in [0.1, 0.15) is 77.6 Å². The first-order valence-electron chi connectivity index (χ1n) is 8.55. The minimum absolute atomic E-state index is 0.513. The summed E-state index contributed by atoms with van der Waals surface area (Å²) in [6, 6.07) is 0. The Morgan fingerprint density at radius 3 is 2.42 bits per heavy atom. The predicted octanol–water partition coefficient (Wildman–Crippen LogP) is 5.55. The second kappa shape index (κ2) is 8.52. The fourth-order valence-corrected chi connectivity index (χ4v) is 4.16. The van der Waals surface area contributed by atoms with Gasteiger partial charge in [0, 0.05) is 5.88 Å². The van der Waals surface area contributed by atoms with E-state index in [9.17, 15) is 0 Å². The smallest absolute Gasteiger partial charge is 0.0609 e. The van der Waals surface area contributed by atoms with E-state index in [0.29, 0.717) is 12.2 Å². The molecule has 0 amide bonds. The maximum Gasteiger partial charge on any atom is 0.0609 e. The fourth-order valence-electron chi connectivity index (χ4n) is 3.97. The number of fused-ring (bicyclic) bond motifs is 2. The van der Waals surface area contributed by atoms with E-state index in [1.54, 1.807) is 0 Å². The van der Waals surface area contributed by atoms with Gasteiger partial charge in [0.1, 0.15) is 0 Å². The van der Waals surface area contributed by atoms with Gasteiger partial charge in [-0.05, 0) is 63.2 Å². The Labute approximate surface area is 124 Å². The van der Waals surface area contributed by atoms with Crippen molar-refractivity contribution in [2.24, 2.45) is 11.8 Å². The second-order valence-electron chi connectivity index (χ2n) is 6.65. The van der Waals surface area contributed by atoms with E-state index >= 15 is 0 Å². The Bertz CT molecular complexity index is 233. The van der Waals surface area contributed by atoms with Crippen molar-refractivity contribution in [1.29, 1.82) is 0 Å². The fraction of sp³-hybridized carbons (Fsp3) is 1.00. The molecule has 0 spiro atoms. The van der Waals surface area contributed by atoms with Gasteiger partial charge in [0.2, 0.25) is 0 Å². The van der Waals surface area contributed by atoms with Gasteiger partial charge < -0.3 is 4.74 Å². The van der Waals surface area contributed by atoms with Gasteiger partial charge in [0.15, 0.2) is 0 Å². The Morgan fingerprint density at radius 1 is 1.05 bits per heavy atom. The first-order chi connectivity index (χ1) is 9.33. The van der Waals surface area contributed by atoms with Crippen molar-refractivity contribution in [1.82, 2.24) is 0 Å². The molecule has 2 heteroatoms. The van der Waals surface area contributed by atoms with Crippen LogP contribution >= 0.6 is 11.6 Å². The van der Waals surface area contributed by atoms with E-state index in [2.05, 4.69) is 6.92 Å². The van der Waals surface area contributed by atoms with Crippen LogP contribution in [0.3, 0.4) is 0 Å². The molecule has 2 rings (SSSR count). The molecule has 0 aromatic heterocycles. The van der Waals surface area contributed by atoms with Crippen LogP contribution < -0.4 is 0 Å². The van der Waals surface area contributed by atoms with Crippen molar-refractivity contribution < 1.29 is 4.74 Å². The average Bonchev–Trinajstić information content (AvgIpc) is 3.01. The van der Waals surface area contributed by atoms with Crippen LogP contribution in [0.5, 0.6) is 0 Å². The Balaban J connectivity index is 1.72. The lowest BCUT2D eigenvalue weighted by molar-refractivity contribution is -0.0477. The van der Waals surface area contributed by atoms with Crippen LogP contribution in [0.4, 0.5) is 0 Å². The number of unbranched alkanes of at least 4 members (excludes halogenated alkanes) is 3. The monoisotopic (exact) mass is 286 g/mol. The summed E-state index contributed by atoms with van der Waals surface area (Å²) in [5.74, 6) is 2.69. The van der Waals surface area contributed by atoms with Gasteiger partial charge in [-0.25, -0.2) is 0 Å². The molecule has 4 atom stereocenters. The molecule has 1 nitrogen and oxygen atoms in total. The Morgan fingerprint density at radius 2 is 1.84 bits per heavy atom. The number of halogens is 1. The van der Waals surface area contributed by atoms with E-state index in [1.165, 1.54) is 64.2 Å². The highest BCUT2D eigenvalue weighted by Crippen LogP contribution is 2.46. The van der Waals surface area contributed by atoms with E-state index in [4.69, 9.17) is 16.3 Å². The molecule has 0 heterocycles. The SMILES string of the molecule is CCCCCC(CCCCCl)OC1CC2CCC1C2. The highest BCUT2D eigenvalue weighted by atomic mass is 35.5. The van der Waals surface area contributed by atoms with Crippen molar-refractivity contribution in [3.05, 3.63) is 0 Å². The molecule has 0 radical (unpaired) electrons. The van der Waals surface area contributed by atoms with Gasteiger partial charge in [-0.2, -0.15) is 0 Å². The molecule has 0 aromatic carbocycles. The Hall–Kier alpha value is 0.250. The zero-order valence-corrected chi connectivity index (χ0v) is 13.3. The van der Waals surface area contributed by atoms with E-state index in [-0.39, 0.29) is 0 Å². The van der Waals surface area contributed by atoms with Crippen molar-refractivity contribution >= 4 is 11.6 Å². The molecule has 0 N–H and O–H groups in total. The number of hydrogen-bond acceptors (Lipinski definition) is 1. The van der Waals surface area contributed by atoms with Crippen LogP contribution in [-0.4, -0.2) is 18.1 Å². The summed E-state index contributed by atoms with van der Waals surface area (Å²) < 4.78 is 6.50. The molecule has 112 valence electrons.